The number of carboxylic acid groups (broad SMARTS) is 1. The summed E-state index contributed by atoms with van der Waals surface area (Å²) in [6.45, 7) is 1.59. The van der Waals surface area contributed by atoms with Gasteiger partial charge in [-0.25, -0.2) is 0 Å². The van der Waals surface area contributed by atoms with E-state index in [9.17, 15) is 14.9 Å². The number of hydrogen-bond donors (Lipinski definition) is 2. The van der Waals surface area contributed by atoms with Gasteiger partial charge in [0.15, 0.2) is 0 Å². The number of ether oxygens (including phenoxy) is 1. The molecule has 1 unspecified atom stereocenters. The maximum absolute atomic E-state index is 11.0. The quantitative estimate of drug-likeness (QED) is 0.645. The Balaban J connectivity index is 2.60. The summed E-state index contributed by atoms with van der Waals surface area (Å²) in [5, 5.41) is 20.5. The van der Waals surface area contributed by atoms with Gasteiger partial charge in [-0.2, -0.15) is 0 Å². The molecule has 0 amide bonds. The number of non-ortho nitro benzene ring substituents is 1. The Morgan fingerprint density at radius 3 is 2.80 bits per heavy atom. The number of aromatic nitrogens is 1. The van der Waals surface area contributed by atoms with Crippen LogP contribution in [0.3, 0.4) is 0 Å². The van der Waals surface area contributed by atoms with Gasteiger partial charge in [0.25, 0.3) is 5.69 Å². The van der Waals surface area contributed by atoms with Crippen molar-refractivity contribution in [1.29, 1.82) is 0 Å². The van der Waals surface area contributed by atoms with Crippen molar-refractivity contribution in [3.05, 3.63) is 34.0 Å². The average molecular weight is 278 g/mol. The fraction of sp³-hybridized carbons (Fsp3) is 0.308. The van der Waals surface area contributed by atoms with Crippen molar-refractivity contribution in [2.75, 3.05) is 7.11 Å². The smallest absolute Gasteiger partial charge is 0.306 e. The summed E-state index contributed by atoms with van der Waals surface area (Å²) in [7, 11) is 1.47. The standard InChI is InChI=1S/C13H14N2O5/c1-7(13(16)17)5-8-6-14-12-9(15(18)19)3-4-10(20-2)11(8)12/h3-4,6-7,14H,5H2,1-2H3,(H,16,17). The molecule has 1 atom stereocenters. The van der Waals surface area contributed by atoms with E-state index in [1.54, 1.807) is 13.1 Å². The van der Waals surface area contributed by atoms with Crippen LogP contribution in [0.15, 0.2) is 18.3 Å². The SMILES string of the molecule is COc1ccc([N+](=O)[O-])c2[nH]cc(CC(C)C(=O)O)c12. The molecule has 1 aromatic carbocycles. The van der Waals surface area contributed by atoms with Crippen LogP contribution in [-0.2, 0) is 11.2 Å². The number of aliphatic carboxylic acids is 1. The van der Waals surface area contributed by atoms with Crippen LogP contribution < -0.4 is 4.74 Å². The Morgan fingerprint density at radius 1 is 1.55 bits per heavy atom. The Morgan fingerprint density at radius 2 is 2.25 bits per heavy atom. The van der Waals surface area contributed by atoms with Crippen LogP contribution in [0.1, 0.15) is 12.5 Å². The van der Waals surface area contributed by atoms with E-state index in [4.69, 9.17) is 9.84 Å². The molecule has 7 nitrogen and oxygen atoms in total. The monoisotopic (exact) mass is 278 g/mol. The van der Waals surface area contributed by atoms with Crippen molar-refractivity contribution >= 4 is 22.6 Å². The molecule has 0 aliphatic heterocycles. The van der Waals surface area contributed by atoms with Crippen molar-refractivity contribution in [2.45, 2.75) is 13.3 Å². The Kier molecular flexibility index (Phi) is 3.60. The normalized spacial score (nSPS) is 12.3. The largest absolute Gasteiger partial charge is 0.496 e. The third-order valence-corrected chi connectivity index (χ3v) is 3.22. The van der Waals surface area contributed by atoms with E-state index in [0.29, 0.717) is 22.2 Å². The number of fused-ring (bicyclic) bond motifs is 1. The van der Waals surface area contributed by atoms with E-state index in [1.165, 1.54) is 19.2 Å². The highest BCUT2D eigenvalue weighted by Crippen LogP contribution is 2.35. The van der Waals surface area contributed by atoms with E-state index in [2.05, 4.69) is 4.98 Å². The van der Waals surface area contributed by atoms with Gasteiger partial charge in [-0.1, -0.05) is 6.92 Å². The number of H-pyrrole nitrogens is 1. The minimum Gasteiger partial charge on any atom is -0.496 e. The summed E-state index contributed by atoms with van der Waals surface area (Å²) in [5.41, 5.74) is 0.979. The predicted molar refractivity (Wildman–Crippen MR) is 72.0 cm³/mol. The van der Waals surface area contributed by atoms with Gasteiger partial charge >= 0.3 is 5.97 Å². The molecule has 1 heterocycles. The number of carboxylic acids is 1. The molecule has 0 bridgehead atoms. The van der Waals surface area contributed by atoms with Crippen molar-refractivity contribution in [2.24, 2.45) is 5.92 Å². The van der Waals surface area contributed by atoms with E-state index in [1.807, 2.05) is 0 Å². The second kappa shape index (κ2) is 5.20. The molecular formula is C13H14N2O5. The predicted octanol–water partition coefficient (Wildman–Crippen LogP) is 2.35. The van der Waals surface area contributed by atoms with Gasteiger partial charge in [-0.05, 0) is 18.1 Å². The van der Waals surface area contributed by atoms with Crippen molar-refractivity contribution in [1.82, 2.24) is 4.98 Å². The van der Waals surface area contributed by atoms with Gasteiger partial charge in [0.05, 0.1) is 23.3 Å². The number of nitrogens with one attached hydrogen (secondary N) is 1. The van der Waals surface area contributed by atoms with Crippen molar-refractivity contribution in [3.63, 3.8) is 0 Å². The maximum atomic E-state index is 11.0. The van der Waals surface area contributed by atoms with Gasteiger partial charge < -0.3 is 14.8 Å². The number of aromatic amines is 1. The number of nitro benzene ring substituents is 1. The molecule has 20 heavy (non-hydrogen) atoms. The van der Waals surface area contributed by atoms with Crippen molar-refractivity contribution < 1.29 is 19.6 Å². The molecule has 0 fully saturated rings. The third-order valence-electron chi connectivity index (χ3n) is 3.22. The Hall–Kier alpha value is -2.57. The van der Waals surface area contributed by atoms with Crippen LogP contribution in [0.4, 0.5) is 5.69 Å². The summed E-state index contributed by atoms with van der Waals surface area (Å²) in [6, 6.07) is 2.88. The molecule has 2 aromatic rings. The minimum atomic E-state index is -0.913. The lowest BCUT2D eigenvalue weighted by Gasteiger charge is -2.07. The maximum Gasteiger partial charge on any atom is 0.306 e. The minimum absolute atomic E-state index is 0.0602. The van der Waals surface area contributed by atoms with E-state index < -0.39 is 16.8 Å². The van der Waals surface area contributed by atoms with Crippen LogP contribution in [0.5, 0.6) is 5.75 Å². The van der Waals surface area contributed by atoms with E-state index in [0.717, 1.165) is 0 Å². The molecule has 0 aliphatic rings. The van der Waals surface area contributed by atoms with E-state index in [-0.39, 0.29) is 12.1 Å². The van der Waals surface area contributed by atoms with Gasteiger partial charge in [-0.15, -0.1) is 0 Å². The van der Waals surface area contributed by atoms with Gasteiger partial charge in [-0.3, -0.25) is 14.9 Å². The molecule has 0 aliphatic carbocycles. The zero-order valence-electron chi connectivity index (χ0n) is 11.0. The lowest BCUT2D eigenvalue weighted by Crippen LogP contribution is -2.12. The number of hydrogen-bond acceptors (Lipinski definition) is 4. The van der Waals surface area contributed by atoms with Crippen molar-refractivity contribution in [3.8, 4) is 5.75 Å². The van der Waals surface area contributed by atoms with Crippen LogP contribution in [-0.4, -0.2) is 28.1 Å². The molecule has 106 valence electrons. The molecule has 2 N–H and O–H groups in total. The number of rotatable bonds is 5. The molecule has 0 radical (unpaired) electrons. The highest BCUT2D eigenvalue weighted by Gasteiger charge is 2.21. The summed E-state index contributed by atoms with van der Waals surface area (Å²) in [4.78, 5) is 24.3. The van der Waals surface area contributed by atoms with Crippen LogP contribution in [0, 0.1) is 16.0 Å². The fourth-order valence-corrected chi connectivity index (χ4v) is 2.17. The molecule has 0 saturated carbocycles. The number of nitro groups is 1. The molecule has 1 aromatic heterocycles. The zero-order valence-corrected chi connectivity index (χ0v) is 11.0. The summed E-state index contributed by atoms with van der Waals surface area (Å²) in [6.07, 6.45) is 1.87. The second-order valence-corrected chi connectivity index (χ2v) is 4.55. The first-order valence-electron chi connectivity index (χ1n) is 5.99. The summed E-state index contributed by atoms with van der Waals surface area (Å²) < 4.78 is 5.21. The number of benzene rings is 1. The lowest BCUT2D eigenvalue weighted by atomic mass is 10.00. The number of carbonyl (C=O) groups is 1. The molecular weight excluding hydrogens is 264 g/mol. The zero-order chi connectivity index (χ0) is 14.9. The van der Waals surface area contributed by atoms with Crippen LogP contribution >= 0.6 is 0 Å². The second-order valence-electron chi connectivity index (χ2n) is 4.55. The van der Waals surface area contributed by atoms with Gasteiger partial charge in [0.1, 0.15) is 11.3 Å². The first-order valence-corrected chi connectivity index (χ1v) is 5.99. The molecule has 0 spiro atoms. The topological polar surface area (TPSA) is 105 Å². The molecule has 7 heteroatoms. The first-order chi connectivity index (χ1) is 9.45. The Labute approximate surface area is 114 Å². The highest BCUT2D eigenvalue weighted by molar-refractivity contribution is 5.95. The van der Waals surface area contributed by atoms with Crippen LogP contribution in [0.2, 0.25) is 0 Å². The van der Waals surface area contributed by atoms with Gasteiger partial charge in [0, 0.05) is 12.3 Å². The Bertz CT molecular complexity index is 677. The third kappa shape index (κ3) is 2.29. The van der Waals surface area contributed by atoms with E-state index >= 15 is 0 Å². The lowest BCUT2D eigenvalue weighted by molar-refractivity contribution is -0.383. The summed E-state index contributed by atoms with van der Waals surface area (Å²) >= 11 is 0. The number of methoxy groups -OCH3 is 1. The fourth-order valence-electron chi connectivity index (χ4n) is 2.17. The van der Waals surface area contributed by atoms with Crippen LogP contribution in [0.25, 0.3) is 10.9 Å². The first kappa shape index (κ1) is 13.9. The summed E-state index contributed by atoms with van der Waals surface area (Å²) in [5.74, 6) is -1.01. The molecule has 2 rings (SSSR count). The van der Waals surface area contributed by atoms with Gasteiger partial charge in [0.2, 0.25) is 0 Å². The average Bonchev–Trinajstić information content (AvgIpc) is 2.81. The number of nitrogens with zero attached hydrogens (tertiary/aromatic N) is 1. The molecule has 0 saturated heterocycles. The highest BCUT2D eigenvalue weighted by atomic mass is 16.6.